The Labute approximate surface area is 358 Å². The first-order valence-electron chi connectivity index (χ1n) is 20.8. The number of likely N-dealkylation sites (N-methyl/N-ethyl adjacent to an activating group) is 1. The molecule has 0 radical (unpaired) electrons. The first-order valence-corrected chi connectivity index (χ1v) is 21.2. The Hall–Kier alpha value is -4.66. The number of alkyl carbamates (subject to hydrolysis) is 1. The Balaban J connectivity index is 1.32. The van der Waals surface area contributed by atoms with E-state index in [-0.39, 0.29) is 36.1 Å². The molecule has 4 aliphatic heterocycles. The fraction of sp³-hybridized carbons (Fsp3) is 0.578. The van der Waals surface area contributed by atoms with Gasteiger partial charge in [-0.3, -0.25) is 19.7 Å². The number of ether oxygens (including phenoxy) is 4. The summed E-state index contributed by atoms with van der Waals surface area (Å²) in [5.74, 6) is -2.02. The standard InChI is InChI=1S/C45H61ClN4O10/c1-27-16-15-17-28(2)45(56)26-35(58-43(55)47-45)30(4)41-44(6,60-41)36(25-39(53)49(8)33-23-32(22-27)24-34(57-9)40(33)46)59-42(54)31(5)48(7)37(51)18-13-11-10-12-14-21-50-29(3)19-20-38(50)52/h15-17,19-20,23-24,28,30-31,35-36,41,56H,3,10-14,18,21-22,25-26H2,1-2,4-9H3,(H,47,55)/b17-15+,27-16+/t28?,30?,31-,35?,36?,41?,44?,45?/m0/s1. The number of aliphatic hydroxyl groups is 1. The quantitative estimate of drug-likeness (QED) is 0.137. The van der Waals surface area contributed by atoms with Gasteiger partial charge in [0.25, 0.3) is 5.91 Å². The van der Waals surface area contributed by atoms with E-state index in [1.807, 2.05) is 51.1 Å². The number of fused-ring (bicyclic) bond motifs is 5. The molecule has 328 valence electrons. The number of unbranched alkanes of at least 4 members (excludes halogenated alkanes) is 4. The summed E-state index contributed by atoms with van der Waals surface area (Å²) in [5.41, 5.74) is 0.0746. The molecule has 1 aromatic carbocycles. The molecule has 2 N–H and O–H groups in total. The molecule has 1 aromatic rings. The van der Waals surface area contributed by atoms with Gasteiger partial charge in [0.15, 0.2) is 0 Å². The lowest BCUT2D eigenvalue weighted by Gasteiger charge is -2.41. The van der Waals surface area contributed by atoms with Crippen molar-refractivity contribution in [1.29, 1.82) is 0 Å². The normalized spacial score (nSPS) is 30.1. The van der Waals surface area contributed by atoms with Crippen LogP contribution in [-0.4, -0.2) is 108 Å². The first-order chi connectivity index (χ1) is 28.3. The number of hydrogen-bond donors (Lipinski definition) is 2. The van der Waals surface area contributed by atoms with Crippen LogP contribution in [0.5, 0.6) is 5.75 Å². The number of rotatable bonds is 12. The van der Waals surface area contributed by atoms with Crippen molar-refractivity contribution < 1.29 is 48.0 Å². The van der Waals surface area contributed by atoms with Gasteiger partial charge >= 0.3 is 12.1 Å². The monoisotopic (exact) mass is 852 g/mol. The number of allylic oxidation sites excluding steroid dienone is 4. The van der Waals surface area contributed by atoms with Crippen LogP contribution in [0.4, 0.5) is 10.5 Å². The number of carbonyl (C=O) groups is 5. The van der Waals surface area contributed by atoms with Gasteiger partial charge in [0.1, 0.15) is 40.3 Å². The fourth-order valence-corrected chi connectivity index (χ4v) is 8.43. The molecule has 4 aliphatic rings. The lowest BCUT2D eigenvalue weighted by atomic mass is 9.82. The third-order valence-electron chi connectivity index (χ3n) is 12.5. The summed E-state index contributed by atoms with van der Waals surface area (Å²) < 4.78 is 23.7. The fourth-order valence-electron chi connectivity index (χ4n) is 8.12. The van der Waals surface area contributed by atoms with Crippen molar-refractivity contribution in [3.05, 3.63) is 70.9 Å². The zero-order valence-corrected chi connectivity index (χ0v) is 36.9. The van der Waals surface area contributed by atoms with Gasteiger partial charge in [-0.15, -0.1) is 0 Å². The van der Waals surface area contributed by atoms with Gasteiger partial charge in [-0.2, -0.15) is 0 Å². The number of amides is 4. The molecule has 2 fully saturated rings. The van der Waals surface area contributed by atoms with E-state index in [0.717, 1.165) is 36.8 Å². The largest absolute Gasteiger partial charge is 0.495 e. The summed E-state index contributed by atoms with van der Waals surface area (Å²) >= 11 is 6.79. The Morgan fingerprint density at radius 3 is 2.52 bits per heavy atom. The predicted molar refractivity (Wildman–Crippen MR) is 227 cm³/mol. The molecule has 60 heavy (non-hydrogen) atoms. The minimum Gasteiger partial charge on any atom is -0.495 e. The van der Waals surface area contributed by atoms with E-state index >= 15 is 0 Å². The number of carbonyl (C=O) groups excluding carboxylic acids is 5. The maximum absolute atomic E-state index is 14.2. The zero-order valence-electron chi connectivity index (χ0n) is 36.1. The number of benzene rings is 1. The van der Waals surface area contributed by atoms with E-state index in [9.17, 15) is 29.1 Å². The number of halogens is 1. The minimum absolute atomic E-state index is 0.0491. The topological polar surface area (TPSA) is 168 Å². The Kier molecular flexibility index (Phi) is 15.0. The van der Waals surface area contributed by atoms with Crippen molar-refractivity contribution in [3.8, 4) is 5.75 Å². The molecule has 0 aliphatic carbocycles. The molecule has 14 nitrogen and oxygen atoms in total. The SMILES string of the molecule is C=C1C=CC(=O)N1CCCCCCCC(=O)N(C)[C@@H](C)C(=O)OC1CC(=O)N(C)c2cc(cc(OC)c2Cl)C/C(C)=C/C=C/C(C)C2(O)CC(OC(=O)N2)C(C)C2OC12C. The second-order valence-electron chi connectivity index (χ2n) is 16.9. The van der Waals surface area contributed by atoms with E-state index in [1.165, 1.54) is 23.0 Å². The molecule has 2 saturated heterocycles. The van der Waals surface area contributed by atoms with Gasteiger partial charge in [-0.1, -0.05) is 75.1 Å². The highest BCUT2D eigenvalue weighted by molar-refractivity contribution is 6.35. The molecule has 15 heteroatoms. The number of methoxy groups -OCH3 is 1. The molecule has 4 amide bonds. The molecule has 8 atom stereocenters. The van der Waals surface area contributed by atoms with Gasteiger partial charge in [0, 0.05) is 57.1 Å². The molecule has 0 saturated carbocycles. The van der Waals surface area contributed by atoms with Crippen molar-refractivity contribution in [2.75, 3.05) is 32.6 Å². The van der Waals surface area contributed by atoms with Gasteiger partial charge in [0.05, 0.1) is 25.3 Å². The number of epoxide rings is 1. The lowest BCUT2D eigenvalue weighted by molar-refractivity contribution is -0.162. The predicted octanol–water partition coefficient (Wildman–Crippen LogP) is 6.39. The van der Waals surface area contributed by atoms with E-state index in [0.29, 0.717) is 36.5 Å². The van der Waals surface area contributed by atoms with E-state index < -0.39 is 65.5 Å². The van der Waals surface area contributed by atoms with Crippen LogP contribution in [0.15, 0.2) is 60.4 Å². The Bertz CT molecular complexity index is 1910. The van der Waals surface area contributed by atoms with Crippen LogP contribution in [0.2, 0.25) is 5.02 Å². The van der Waals surface area contributed by atoms with Gasteiger partial charge in [-0.05, 0) is 63.8 Å². The van der Waals surface area contributed by atoms with E-state index in [2.05, 4.69) is 11.9 Å². The number of esters is 1. The summed E-state index contributed by atoms with van der Waals surface area (Å²) in [7, 11) is 4.64. The van der Waals surface area contributed by atoms with Crippen molar-refractivity contribution in [3.63, 3.8) is 0 Å². The minimum atomic E-state index is -1.63. The van der Waals surface area contributed by atoms with E-state index in [1.54, 1.807) is 38.9 Å². The molecule has 4 heterocycles. The number of anilines is 1. The van der Waals surface area contributed by atoms with Crippen LogP contribution in [0.3, 0.4) is 0 Å². The molecule has 4 bridgehead atoms. The molecule has 0 aromatic heterocycles. The van der Waals surface area contributed by atoms with Crippen LogP contribution < -0.4 is 15.0 Å². The van der Waals surface area contributed by atoms with Crippen LogP contribution in [0.1, 0.15) is 91.5 Å². The Morgan fingerprint density at radius 1 is 1.13 bits per heavy atom. The Morgan fingerprint density at radius 2 is 1.83 bits per heavy atom. The second-order valence-corrected chi connectivity index (χ2v) is 17.2. The molecule has 7 unspecified atom stereocenters. The lowest BCUT2D eigenvalue weighted by Crippen LogP contribution is -2.60. The van der Waals surface area contributed by atoms with Crippen LogP contribution in [0, 0.1) is 11.8 Å². The van der Waals surface area contributed by atoms with Gasteiger partial charge in [-0.25, -0.2) is 9.59 Å². The van der Waals surface area contributed by atoms with Crippen LogP contribution >= 0.6 is 11.6 Å². The zero-order chi connectivity index (χ0) is 44.1. The molecular formula is C45H61ClN4O10. The van der Waals surface area contributed by atoms with Crippen molar-refractivity contribution in [2.24, 2.45) is 11.8 Å². The summed E-state index contributed by atoms with van der Waals surface area (Å²) in [4.78, 5) is 70.6. The summed E-state index contributed by atoms with van der Waals surface area (Å²) in [6.07, 6.45) is 10.0. The third kappa shape index (κ3) is 10.6. The van der Waals surface area contributed by atoms with Crippen LogP contribution in [0.25, 0.3) is 0 Å². The summed E-state index contributed by atoms with van der Waals surface area (Å²) in [5, 5.41) is 14.6. The van der Waals surface area contributed by atoms with E-state index in [4.69, 9.17) is 30.5 Å². The smallest absolute Gasteiger partial charge is 0.409 e. The second kappa shape index (κ2) is 19.4. The highest BCUT2D eigenvalue weighted by atomic mass is 35.5. The molecular weight excluding hydrogens is 792 g/mol. The maximum Gasteiger partial charge on any atom is 0.409 e. The number of nitrogens with zero attached hydrogens (tertiary/aromatic N) is 3. The maximum atomic E-state index is 14.2. The van der Waals surface area contributed by atoms with Gasteiger partial charge < -0.3 is 38.8 Å². The van der Waals surface area contributed by atoms with Gasteiger partial charge in [0.2, 0.25) is 11.8 Å². The third-order valence-corrected chi connectivity index (χ3v) is 12.9. The summed E-state index contributed by atoms with van der Waals surface area (Å²) in [6.45, 7) is 13.4. The highest BCUT2D eigenvalue weighted by Gasteiger charge is 2.64. The number of nitrogens with one attached hydrogen (secondary N) is 1. The molecule has 0 spiro atoms. The first kappa shape index (κ1) is 46.4. The summed E-state index contributed by atoms with van der Waals surface area (Å²) in [6, 6.07) is 2.64. The van der Waals surface area contributed by atoms with Crippen molar-refractivity contribution >= 4 is 47.1 Å². The van der Waals surface area contributed by atoms with Crippen molar-refractivity contribution in [2.45, 2.75) is 128 Å². The number of hydrogen-bond acceptors (Lipinski definition) is 10. The molecule has 5 rings (SSSR count). The van der Waals surface area contributed by atoms with Crippen LogP contribution in [-0.2, 0) is 39.8 Å². The van der Waals surface area contributed by atoms with Crippen molar-refractivity contribution in [1.82, 2.24) is 15.1 Å². The average molecular weight is 853 g/mol. The highest BCUT2D eigenvalue weighted by Crippen LogP contribution is 2.49. The average Bonchev–Trinajstić information content (AvgIpc) is 3.80.